The van der Waals surface area contributed by atoms with Crippen molar-refractivity contribution in [2.24, 2.45) is 10.9 Å². The molecule has 2 aromatic rings. The van der Waals surface area contributed by atoms with Gasteiger partial charge in [0.25, 0.3) is 0 Å². The monoisotopic (exact) mass is 440 g/mol. The molecule has 3 rings (SSSR count). The Bertz CT molecular complexity index is 1130. The van der Waals surface area contributed by atoms with Crippen molar-refractivity contribution in [3.05, 3.63) is 106 Å². The number of carbonyl (C=O) groups is 1. The number of halogens is 3. The molecule has 0 radical (unpaired) electrons. The molecule has 31 heavy (non-hydrogen) atoms. The van der Waals surface area contributed by atoms with E-state index >= 15 is 0 Å². The summed E-state index contributed by atoms with van der Waals surface area (Å²) in [7, 11) is 0. The van der Waals surface area contributed by atoms with Crippen molar-refractivity contribution in [3.8, 4) is 0 Å². The van der Waals surface area contributed by atoms with E-state index in [1.54, 1.807) is 25.1 Å². The molecular weight excluding hydrogens is 422 g/mol. The first-order valence-electron chi connectivity index (χ1n) is 9.49. The van der Waals surface area contributed by atoms with Gasteiger partial charge in [0.2, 0.25) is 0 Å². The summed E-state index contributed by atoms with van der Waals surface area (Å²) in [6, 6.07) is 10.00. The third-order valence-corrected chi connectivity index (χ3v) is 5.34. The molecule has 1 aliphatic rings. The molecule has 0 bridgehead atoms. The van der Waals surface area contributed by atoms with Crippen molar-refractivity contribution in [3.63, 3.8) is 0 Å². The highest BCUT2D eigenvalue weighted by molar-refractivity contribution is 6.31. The fourth-order valence-corrected chi connectivity index (χ4v) is 3.91. The van der Waals surface area contributed by atoms with Gasteiger partial charge >= 0.3 is 5.97 Å². The maximum absolute atomic E-state index is 14.3. The smallest absolute Gasteiger partial charge is 0.314 e. The summed E-state index contributed by atoms with van der Waals surface area (Å²) in [6.07, 6.45) is 1.49. The molecule has 0 spiro atoms. The quantitative estimate of drug-likeness (QED) is 0.319. The number of ether oxygens (including phenoxy) is 1. The minimum absolute atomic E-state index is 0.00830. The second-order valence-electron chi connectivity index (χ2n) is 7.01. The number of aliphatic imine (C=N–C) groups is 1. The SMILES string of the molecule is [C-]#[N+]C1=C(Cc2ccccc2F)N=C(C)C(C(=O)OCC=C)C1c1ccc(F)cc1Cl. The highest BCUT2D eigenvalue weighted by Crippen LogP contribution is 2.43. The van der Waals surface area contributed by atoms with Crippen LogP contribution in [0, 0.1) is 24.1 Å². The predicted octanol–water partition coefficient (Wildman–Crippen LogP) is 5.90. The highest BCUT2D eigenvalue weighted by atomic mass is 35.5. The van der Waals surface area contributed by atoms with Crippen LogP contribution in [0.25, 0.3) is 4.85 Å². The largest absolute Gasteiger partial charge is 0.461 e. The molecule has 0 aliphatic carbocycles. The minimum Gasteiger partial charge on any atom is -0.461 e. The van der Waals surface area contributed by atoms with Gasteiger partial charge in [-0.25, -0.2) is 13.6 Å². The first kappa shape index (κ1) is 22.4. The fourth-order valence-electron chi connectivity index (χ4n) is 3.62. The Morgan fingerprint density at radius 1 is 1.32 bits per heavy atom. The number of rotatable bonds is 6. The number of carbonyl (C=O) groups excluding carboxylic acids is 1. The summed E-state index contributed by atoms with van der Waals surface area (Å²) in [6.45, 7) is 13.0. The Balaban J connectivity index is 2.17. The van der Waals surface area contributed by atoms with Crippen LogP contribution < -0.4 is 0 Å². The molecule has 0 saturated carbocycles. The van der Waals surface area contributed by atoms with Gasteiger partial charge in [0.1, 0.15) is 18.2 Å². The lowest BCUT2D eigenvalue weighted by molar-refractivity contribution is -0.145. The maximum atomic E-state index is 14.3. The molecule has 1 aliphatic heterocycles. The molecule has 7 heteroatoms. The van der Waals surface area contributed by atoms with E-state index in [9.17, 15) is 13.6 Å². The van der Waals surface area contributed by atoms with Crippen LogP contribution in [0.3, 0.4) is 0 Å². The summed E-state index contributed by atoms with van der Waals surface area (Å²) in [5.74, 6) is -3.34. The Kier molecular flexibility index (Phi) is 6.98. The lowest BCUT2D eigenvalue weighted by atomic mass is 9.78. The molecule has 158 valence electrons. The van der Waals surface area contributed by atoms with Crippen LogP contribution in [-0.2, 0) is 16.0 Å². The Morgan fingerprint density at radius 3 is 2.71 bits per heavy atom. The van der Waals surface area contributed by atoms with E-state index in [2.05, 4.69) is 16.4 Å². The molecule has 4 nitrogen and oxygen atoms in total. The summed E-state index contributed by atoms with van der Waals surface area (Å²) >= 11 is 6.31. The molecule has 2 unspecified atom stereocenters. The molecule has 2 atom stereocenters. The zero-order valence-electron chi connectivity index (χ0n) is 16.7. The molecule has 0 amide bonds. The van der Waals surface area contributed by atoms with E-state index in [1.807, 2.05) is 0 Å². The Labute approximate surface area is 184 Å². The maximum Gasteiger partial charge on any atom is 0.314 e. The molecule has 2 aromatic carbocycles. The van der Waals surface area contributed by atoms with Gasteiger partial charge in [0, 0.05) is 28.8 Å². The average Bonchev–Trinajstić information content (AvgIpc) is 2.73. The molecular formula is C24H19ClF2N2O2. The normalized spacial score (nSPS) is 18.2. The zero-order valence-corrected chi connectivity index (χ0v) is 17.5. The summed E-state index contributed by atoms with van der Waals surface area (Å²) < 4.78 is 33.2. The highest BCUT2D eigenvalue weighted by Gasteiger charge is 2.41. The van der Waals surface area contributed by atoms with Crippen molar-refractivity contribution >= 4 is 23.3 Å². The van der Waals surface area contributed by atoms with E-state index in [1.165, 1.54) is 24.3 Å². The summed E-state index contributed by atoms with van der Waals surface area (Å²) in [5.41, 5.74) is 1.64. The van der Waals surface area contributed by atoms with Gasteiger partial charge in [0.05, 0.1) is 12.5 Å². The number of allylic oxidation sites excluding steroid dienone is 2. The third-order valence-electron chi connectivity index (χ3n) is 5.02. The lowest BCUT2D eigenvalue weighted by Gasteiger charge is -2.31. The van der Waals surface area contributed by atoms with Crippen LogP contribution in [0.5, 0.6) is 0 Å². The van der Waals surface area contributed by atoms with Gasteiger partial charge in [-0.15, -0.1) is 0 Å². The van der Waals surface area contributed by atoms with Crippen molar-refractivity contribution in [1.82, 2.24) is 0 Å². The molecule has 0 aromatic heterocycles. The number of esters is 1. The van der Waals surface area contributed by atoms with Crippen LogP contribution >= 0.6 is 11.6 Å². The lowest BCUT2D eigenvalue weighted by Crippen LogP contribution is -2.34. The zero-order chi connectivity index (χ0) is 22.5. The standard InChI is InChI=1S/C24H19ClF2N2O2/c1-4-11-31-24(30)21-14(2)29-20(12-15-7-5-6-8-19(15)27)23(28-3)22(21)17-10-9-16(26)13-18(17)25/h4-10,13,21-22H,1,11-12H2,2H3. The second kappa shape index (κ2) is 9.67. The van der Waals surface area contributed by atoms with Crippen molar-refractivity contribution < 1.29 is 18.3 Å². The average molecular weight is 441 g/mol. The van der Waals surface area contributed by atoms with E-state index in [-0.39, 0.29) is 23.7 Å². The van der Waals surface area contributed by atoms with Gasteiger partial charge < -0.3 is 4.74 Å². The minimum atomic E-state index is -0.934. The van der Waals surface area contributed by atoms with Crippen LogP contribution in [0.2, 0.25) is 5.02 Å². The third kappa shape index (κ3) is 4.73. The van der Waals surface area contributed by atoms with Gasteiger partial charge in [0.15, 0.2) is 5.70 Å². The Hall–Kier alpha value is -3.30. The van der Waals surface area contributed by atoms with Crippen LogP contribution in [0.15, 0.2) is 71.5 Å². The van der Waals surface area contributed by atoms with Gasteiger partial charge in [-0.05, 0) is 36.2 Å². The number of hydrogen-bond acceptors (Lipinski definition) is 3. The van der Waals surface area contributed by atoms with Crippen molar-refractivity contribution in [1.29, 1.82) is 0 Å². The van der Waals surface area contributed by atoms with E-state index in [0.29, 0.717) is 22.5 Å². The molecule has 0 saturated heterocycles. The van der Waals surface area contributed by atoms with Gasteiger partial charge in [-0.3, -0.25) is 9.79 Å². The van der Waals surface area contributed by atoms with Crippen LogP contribution in [0.4, 0.5) is 8.78 Å². The van der Waals surface area contributed by atoms with Crippen LogP contribution in [0.1, 0.15) is 24.0 Å². The van der Waals surface area contributed by atoms with Gasteiger partial charge in [-0.2, -0.15) is 0 Å². The first-order chi connectivity index (χ1) is 14.9. The first-order valence-corrected chi connectivity index (χ1v) is 9.86. The van der Waals surface area contributed by atoms with Crippen LogP contribution in [-0.4, -0.2) is 18.3 Å². The molecule has 0 fully saturated rings. The summed E-state index contributed by atoms with van der Waals surface area (Å²) in [5, 5.41) is 0.0765. The van der Waals surface area contributed by atoms with E-state index in [4.69, 9.17) is 22.9 Å². The van der Waals surface area contributed by atoms with E-state index in [0.717, 1.165) is 6.07 Å². The molecule has 0 N–H and O–H groups in total. The number of benzene rings is 2. The summed E-state index contributed by atoms with van der Waals surface area (Å²) in [4.78, 5) is 21.0. The van der Waals surface area contributed by atoms with Gasteiger partial charge in [-0.1, -0.05) is 48.5 Å². The fraction of sp³-hybridized carbons (Fsp3) is 0.208. The number of nitrogens with zero attached hydrogens (tertiary/aromatic N) is 2. The topological polar surface area (TPSA) is 43.0 Å². The van der Waals surface area contributed by atoms with Crippen molar-refractivity contribution in [2.45, 2.75) is 19.3 Å². The molecule has 1 heterocycles. The second-order valence-corrected chi connectivity index (χ2v) is 7.41. The Morgan fingerprint density at radius 2 is 2.06 bits per heavy atom. The van der Waals surface area contributed by atoms with E-state index < -0.39 is 29.4 Å². The number of hydrogen-bond donors (Lipinski definition) is 0. The van der Waals surface area contributed by atoms with Crippen molar-refractivity contribution in [2.75, 3.05) is 6.61 Å². The predicted molar refractivity (Wildman–Crippen MR) is 116 cm³/mol.